The lowest BCUT2D eigenvalue weighted by molar-refractivity contribution is -0.128. The van der Waals surface area contributed by atoms with Crippen LogP contribution in [-0.2, 0) is 22.6 Å². The highest BCUT2D eigenvalue weighted by Crippen LogP contribution is 2.35. The molecule has 1 amide bonds. The summed E-state index contributed by atoms with van der Waals surface area (Å²) in [6.45, 7) is 5.51. The quantitative estimate of drug-likeness (QED) is 0.848. The van der Waals surface area contributed by atoms with Gasteiger partial charge in [0.25, 0.3) is 0 Å². The van der Waals surface area contributed by atoms with Gasteiger partial charge >= 0.3 is 0 Å². The van der Waals surface area contributed by atoms with Crippen molar-refractivity contribution >= 4 is 5.91 Å². The number of pyridine rings is 1. The second-order valence-corrected chi connectivity index (χ2v) is 7.53. The number of benzene rings is 1. The zero-order chi connectivity index (χ0) is 17.8. The Bertz CT molecular complexity index is 737. The van der Waals surface area contributed by atoms with E-state index in [-0.39, 0.29) is 11.3 Å². The molecule has 0 N–H and O–H groups in total. The molecule has 1 atom stereocenters. The smallest absolute Gasteiger partial charge is 0.223 e. The molecule has 2 aliphatic rings. The van der Waals surface area contributed by atoms with Crippen molar-refractivity contribution in [2.24, 2.45) is 5.41 Å². The minimum absolute atomic E-state index is 0.102. The van der Waals surface area contributed by atoms with Crippen molar-refractivity contribution in [2.75, 3.05) is 32.8 Å². The molecule has 5 nitrogen and oxygen atoms in total. The van der Waals surface area contributed by atoms with E-state index in [0.29, 0.717) is 19.6 Å². The Morgan fingerprint density at radius 1 is 1.00 bits per heavy atom. The summed E-state index contributed by atoms with van der Waals surface area (Å²) in [6.07, 6.45) is 4.24. The van der Waals surface area contributed by atoms with Gasteiger partial charge in [0.2, 0.25) is 5.91 Å². The van der Waals surface area contributed by atoms with Crippen LogP contribution in [0, 0.1) is 5.41 Å². The first-order valence-electron chi connectivity index (χ1n) is 9.23. The van der Waals surface area contributed by atoms with Gasteiger partial charge in [-0.15, -0.1) is 0 Å². The van der Waals surface area contributed by atoms with Crippen molar-refractivity contribution < 1.29 is 9.53 Å². The van der Waals surface area contributed by atoms with Crippen LogP contribution in [0.2, 0.25) is 0 Å². The van der Waals surface area contributed by atoms with E-state index in [4.69, 9.17) is 4.74 Å². The van der Waals surface area contributed by atoms with Gasteiger partial charge in [-0.25, -0.2) is 0 Å². The van der Waals surface area contributed by atoms with Gasteiger partial charge in [-0.3, -0.25) is 14.7 Å². The average molecular weight is 351 g/mol. The highest BCUT2D eigenvalue weighted by Gasteiger charge is 2.45. The molecule has 0 aliphatic carbocycles. The minimum Gasteiger partial charge on any atom is -0.379 e. The molecule has 136 valence electrons. The van der Waals surface area contributed by atoms with Gasteiger partial charge in [0.05, 0.1) is 13.2 Å². The number of nitrogens with zero attached hydrogens (tertiary/aromatic N) is 3. The van der Waals surface area contributed by atoms with Crippen LogP contribution in [0.1, 0.15) is 17.5 Å². The average Bonchev–Trinajstić information content (AvgIpc) is 2.83. The minimum atomic E-state index is -0.102. The van der Waals surface area contributed by atoms with Gasteiger partial charge in [-0.1, -0.05) is 30.3 Å². The maximum Gasteiger partial charge on any atom is 0.223 e. The molecule has 0 bridgehead atoms. The summed E-state index contributed by atoms with van der Waals surface area (Å²) in [6, 6.07) is 14.3. The molecule has 1 aromatic heterocycles. The molecule has 0 radical (unpaired) electrons. The molecule has 26 heavy (non-hydrogen) atoms. The number of likely N-dealkylation sites (tertiary alicyclic amines) is 1. The summed E-state index contributed by atoms with van der Waals surface area (Å²) < 4.78 is 5.91. The predicted molar refractivity (Wildman–Crippen MR) is 99.2 cm³/mol. The van der Waals surface area contributed by atoms with E-state index in [2.05, 4.69) is 34.1 Å². The lowest BCUT2D eigenvalue weighted by atomic mass is 9.87. The van der Waals surface area contributed by atoms with Crippen LogP contribution in [0.3, 0.4) is 0 Å². The van der Waals surface area contributed by atoms with E-state index < -0.39 is 0 Å². The summed E-state index contributed by atoms with van der Waals surface area (Å²) in [5.41, 5.74) is 2.33. The second-order valence-electron chi connectivity index (χ2n) is 7.53. The van der Waals surface area contributed by atoms with E-state index in [1.54, 1.807) is 0 Å². The number of ether oxygens (including phenoxy) is 1. The molecular weight excluding hydrogens is 326 g/mol. The van der Waals surface area contributed by atoms with Crippen molar-refractivity contribution in [1.29, 1.82) is 0 Å². The zero-order valence-electron chi connectivity index (χ0n) is 15.0. The van der Waals surface area contributed by atoms with Crippen LogP contribution in [0.15, 0.2) is 54.9 Å². The van der Waals surface area contributed by atoms with Crippen molar-refractivity contribution in [3.05, 3.63) is 66.0 Å². The van der Waals surface area contributed by atoms with Crippen LogP contribution < -0.4 is 0 Å². The standard InChI is InChI=1S/C21H25N3O2/c25-20-12-21(16-24(20)14-18-4-2-1-3-5-18)15-23(10-11-26-17-21)13-19-6-8-22-9-7-19/h1-9H,10-17H2. The molecule has 4 rings (SSSR count). The van der Waals surface area contributed by atoms with E-state index in [9.17, 15) is 4.79 Å². The normalized spacial score (nSPS) is 24.2. The number of carbonyl (C=O) groups is 1. The van der Waals surface area contributed by atoms with Crippen LogP contribution >= 0.6 is 0 Å². The lowest BCUT2D eigenvalue weighted by Crippen LogP contribution is -2.40. The van der Waals surface area contributed by atoms with Crippen LogP contribution in [0.4, 0.5) is 0 Å². The topological polar surface area (TPSA) is 45.7 Å². The molecule has 0 saturated carbocycles. The summed E-state index contributed by atoms with van der Waals surface area (Å²) in [5.74, 6) is 0.239. The van der Waals surface area contributed by atoms with Gasteiger partial charge in [0, 0.05) is 57.0 Å². The highest BCUT2D eigenvalue weighted by atomic mass is 16.5. The first-order chi connectivity index (χ1) is 12.7. The molecular formula is C21H25N3O2. The molecule has 2 aromatic rings. The molecule has 2 saturated heterocycles. The summed E-state index contributed by atoms with van der Waals surface area (Å²) in [4.78, 5) is 21.2. The SMILES string of the molecule is O=C1CC2(COCCN(Cc3ccncc3)C2)CN1Cc1ccccc1. The number of rotatable bonds is 4. The number of amides is 1. The Kier molecular flexibility index (Phi) is 5.00. The molecule has 1 unspecified atom stereocenters. The second kappa shape index (κ2) is 7.56. The highest BCUT2D eigenvalue weighted by molar-refractivity contribution is 5.79. The fourth-order valence-corrected chi connectivity index (χ4v) is 4.09. The van der Waals surface area contributed by atoms with Gasteiger partial charge < -0.3 is 9.64 Å². The number of hydrogen-bond acceptors (Lipinski definition) is 4. The van der Waals surface area contributed by atoms with Crippen molar-refractivity contribution in [1.82, 2.24) is 14.8 Å². The largest absolute Gasteiger partial charge is 0.379 e. The summed E-state index contributed by atoms with van der Waals surface area (Å²) >= 11 is 0. The number of carbonyl (C=O) groups excluding carboxylic acids is 1. The molecule has 3 heterocycles. The Morgan fingerprint density at radius 3 is 2.58 bits per heavy atom. The Morgan fingerprint density at radius 2 is 1.77 bits per heavy atom. The van der Waals surface area contributed by atoms with Crippen LogP contribution in [0.25, 0.3) is 0 Å². The fourth-order valence-electron chi connectivity index (χ4n) is 4.09. The first kappa shape index (κ1) is 17.2. The Hall–Kier alpha value is -2.24. The molecule has 1 aromatic carbocycles. The maximum atomic E-state index is 12.7. The van der Waals surface area contributed by atoms with Gasteiger partial charge in [0.15, 0.2) is 0 Å². The molecule has 2 aliphatic heterocycles. The third-order valence-electron chi connectivity index (χ3n) is 5.30. The van der Waals surface area contributed by atoms with Crippen LogP contribution in [0.5, 0.6) is 0 Å². The van der Waals surface area contributed by atoms with Crippen molar-refractivity contribution in [3.8, 4) is 0 Å². The lowest BCUT2D eigenvalue weighted by Gasteiger charge is -2.31. The van der Waals surface area contributed by atoms with E-state index >= 15 is 0 Å². The van der Waals surface area contributed by atoms with E-state index in [1.807, 2.05) is 35.5 Å². The molecule has 5 heteroatoms. The zero-order valence-corrected chi connectivity index (χ0v) is 15.0. The van der Waals surface area contributed by atoms with Crippen LogP contribution in [-0.4, -0.2) is 53.5 Å². The Balaban J connectivity index is 1.45. The first-order valence-corrected chi connectivity index (χ1v) is 9.23. The third kappa shape index (κ3) is 3.94. The summed E-state index contributed by atoms with van der Waals surface area (Å²) in [7, 11) is 0. The van der Waals surface area contributed by atoms with Crippen molar-refractivity contribution in [3.63, 3.8) is 0 Å². The monoisotopic (exact) mass is 351 g/mol. The third-order valence-corrected chi connectivity index (χ3v) is 5.30. The fraction of sp³-hybridized carbons (Fsp3) is 0.429. The van der Waals surface area contributed by atoms with Gasteiger partial charge in [-0.05, 0) is 23.3 Å². The summed E-state index contributed by atoms with van der Waals surface area (Å²) in [5, 5.41) is 0. The van der Waals surface area contributed by atoms with Gasteiger partial charge in [-0.2, -0.15) is 0 Å². The maximum absolute atomic E-state index is 12.7. The van der Waals surface area contributed by atoms with E-state index in [0.717, 1.165) is 32.8 Å². The predicted octanol–water partition coefficient (Wildman–Crippen LogP) is 2.33. The van der Waals surface area contributed by atoms with Gasteiger partial charge in [0.1, 0.15) is 0 Å². The Labute approximate surface area is 154 Å². The molecule has 2 fully saturated rings. The van der Waals surface area contributed by atoms with E-state index in [1.165, 1.54) is 11.1 Å². The molecule has 1 spiro atoms. The number of hydrogen-bond donors (Lipinski definition) is 0. The number of aromatic nitrogens is 1. The van der Waals surface area contributed by atoms with Crippen molar-refractivity contribution in [2.45, 2.75) is 19.5 Å².